The van der Waals surface area contributed by atoms with Gasteiger partial charge in [0.1, 0.15) is 0 Å². The monoisotopic (exact) mass is 510 g/mol. The van der Waals surface area contributed by atoms with Crippen LogP contribution >= 0.6 is 0 Å². The predicted molar refractivity (Wildman–Crippen MR) is 116 cm³/mol. The zero-order valence-electron chi connectivity index (χ0n) is 19.5. The molecule has 0 atom stereocenters. The fourth-order valence-electron chi connectivity index (χ4n) is 3.76. The Labute approximate surface area is 201 Å². The van der Waals surface area contributed by atoms with E-state index in [0.717, 1.165) is 48.5 Å². The molecule has 2 heterocycles. The van der Waals surface area contributed by atoms with E-state index in [2.05, 4.69) is 20.4 Å². The van der Waals surface area contributed by atoms with Crippen LogP contribution in [0.1, 0.15) is 43.7 Å². The highest BCUT2D eigenvalue weighted by molar-refractivity contribution is 5.58. The summed E-state index contributed by atoms with van der Waals surface area (Å²) in [5, 5.41) is 15.1. The van der Waals surface area contributed by atoms with Crippen LogP contribution in [0.2, 0.25) is 0 Å². The fraction of sp³-hybridized carbons (Fsp3) is 0.333. The van der Waals surface area contributed by atoms with Crippen LogP contribution in [0.4, 0.5) is 26.3 Å². The lowest BCUT2D eigenvalue weighted by atomic mass is 9.72. The molecule has 2 aromatic carbocycles. The summed E-state index contributed by atoms with van der Waals surface area (Å²) in [5.74, 6) is 0.431. The molecule has 0 aliphatic rings. The van der Waals surface area contributed by atoms with Crippen LogP contribution in [-0.2, 0) is 10.8 Å². The summed E-state index contributed by atoms with van der Waals surface area (Å²) >= 11 is 0. The molecule has 6 nitrogen and oxygen atoms in total. The summed E-state index contributed by atoms with van der Waals surface area (Å²) in [6.45, 7) is 6.96. The van der Waals surface area contributed by atoms with Gasteiger partial charge in [-0.1, -0.05) is 45.0 Å². The maximum atomic E-state index is 14.4. The van der Waals surface area contributed by atoms with Crippen molar-refractivity contribution in [2.24, 2.45) is 0 Å². The Morgan fingerprint density at radius 3 is 1.33 bits per heavy atom. The number of nitrogens with zero attached hydrogens (tertiary/aromatic N) is 4. The van der Waals surface area contributed by atoms with Crippen LogP contribution in [0, 0.1) is 6.92 Å². The average molecular weight is 510 g/mol. The molecule has 190 valence electrons. The third-order valence-corrected chi connectivity index (χ3v) is 5.57. The third kappa shape index (κ3) is 4.24. The van der Waals surface area contributed by atoms with Crippen LogP contribution < -0.4 is 0 Å². The van der Waals surface area contributed by atoms with Gasteiger partial charge in [-0.3, -0.25) is 0 Å². The van der Waals surface area contributed by atoms with Crippen molar-refractivity contribution in [1.29, 1.82) is 0 Å². The molecule has 36 heavy (non-hydrogen) atoms. The van der Waals surface area contributed by atoms with Crippen molar-refractivity contribution in [2.75, 3.05) is 0 Å². The molecule has 0 saturated carbocycles. The van der Waals surface area contributed by atoms with Crippen molar-refractivity contribution in [1.82, 2.24) is 20.4 Å². The topological polar surface area (TPSA) is 77.8 Å². The number of benzene rings is 2. The van der Waals surface area contributed by atoms with Crippen LogP contribution in [-0.4, -0.2) is 32.7 Å². The molecule has 2 aromatic heterocycles. The first-order valence-corrected chi connectivity index (χ1v) is 10.6. The van der Waals surface area contributed by atoms with Crippen molar-refractivity contribution < 1.29 is 35.2 Å². The van der Waals surface area contributed by atoms with Crippen molar-refractivity contribution >= 4 is 0 Å². The highest BCUT2D eigenvalue weighted by Crippen LogP contribution is 2.56. The van der Waals surface area contributed by atoms with Gasteiger partial charge in [0.15, 0.2) is 0 Å². The van der Waals surface area contributed by atoms with Crippen LogP contribution in [0.25, 0.3) is 22.9 Å². The zero-order chi connectivity index (χ0) is 26.5. The summed E-state index contributed by atoms with van der Waals surface area (Å²) in [6.07, 6.45) is -11.4. The van der Waals surface area contributed by atoms with E-state index in [9.17, 15) is 26.3 Å². The molecule has 0 amide bonds. The van der Waals surface area contributed by atoms with Crippen LogP contribution in [0.3, 0.4) is 0 Å². The minimum atomic E-state index is -5.72. The summed E-state index contributed by atoms with van der Waals surface area (Å²) in [4.78, 5) is 0. The molecule has 12 heteroatoms. The predicted octanol–water partition coefficient (Wildman–Crippen LogP) is 6.80. The van der Waals surface area contributed by atoms with Gasteiger partial charge < -0.3 is 8.83 Å². The number of rotatable bonds is 4. The largest absolute Gasteiger partial charge is 0.421 e. The first kappa shape index (κ1) is 25.4. The van der Waals surface area contributed by atoms with Crippen LogP contribution in [0.5, 0.6) is 0 Å². The Hall–Kier alpha value is -3.70. The van der Waals surface area contributed by atoms with E-state index in [0.29, 0.717) is 0 Å². The van der Waals surface area contributed by atoms with Crippen molar-refractivity contribution in [3.8, 4) is 22.9 Å². The minimum absolute atomic E-state index is 0.0182. The molecular formula is C24H20F6N4O2. The molecule has 0 aliphatic heterocycles. The summed E-state index contributed by atoms with van der Waals surface area (Å²) in [6, 6.07) is 7.41. The Morgan fingerprint density at radius 2 is 1.00 bits per heavy atom. The van der Waals surface area contributed by atoms with Gasteiger partial charge in [0.05, 0.1) is 0 Å². The SMILES string of the molecule is Cc1nnc(-c2ccc(C(c3ccc(-c4nnc(C(C)(C)C)o4)cc3)(C(F)(F)F)C(F)(F)F)cc2)o1. The molecule has 0 aliphatic carbocycles. The number of aryl methyl sites for hydroxylation is 1. The van der Waals surface area contributed by atoms with E-state index in [4.69, 9.17) is 8.83 Å². The second-order valence-corrected chi connectivity index (χ2v) is 9.19. The lowest BCUT2D eigenvalue weighted by Gasteiger charge is -2.38. The fourth-order valence-corrected chi connectivity index (χ4v) is 3.76. The van der Waals surface area contributed by atoms with E-state index in [-0.39, 0.29) is 34.7 Å². The van der Waals surface area contributed by atoms with Gasteiger partial charge in [0.25, 0.3) is 0 Å². The van der Waals surface area contributed by atoms with Gasteiger partial charge in [-0.05, 0) is 35.4 Å². The Balaban J connectivity index is 1.82. The molecular weight excluding hydrogens is 490 g/mol. The van der Waals surface area contributed by atoms with E-state index >= 15 is 0 Å². The van der Waals surface area contributed by atoms with Gasteiger partial charge in [0.2, 0.25) is 29.0 Å². The maximum Gasteiger partial charge on any atom is 0.411 e. The van der Waals surface area contributed by atoms with Crippen LogP contribution in [0.15, 0.2) is 57.4 Å². The van der Waals surface area contributed by atoms with Crippen molar-refractivity contribution in [3.63, 3.8) is 0 Å². The number of aromatic nitrogens is 4. The second kappa shape index (κ2) is 8.45. The van der Waals surface area contributed by atoms with E-state index in [1.54, 1.807) is 0 Å². The first-order chi connectivity index (χ1) is 16.6. The highest BCUT2D eigenvalue weighted by Gasteiger charge is 2.72. The maximum absolute atomic E-state index is 14.4. The molecule has 4 aromatic rings. The molecule has 0 saturated heterocycles. The lowest BCUT2D eigenvalue weighted by Crippen LogP contribution is -2.54. The summed E-state index contributed by atoms with van der Waals surface area (Å²) in [7, 11) is 0. The van der Waals surface area contributed by atoms with Crippen molar-refractivity contribution in [2.45, 2.75) is 50.9 Å². The molecule has 0 N–H and O–H groups in total. The van der Waals surface area contributed by atoms with Gasteiger partial charge in [-0.15, -0.1) is 20.4 Å². The average Bonchev–Trinajstić information content (AvgIpc) is 3.43. The summed E-state index contributed by atoms with van der Waals surface area (Å²) in [5.41, 5.74) is -6.45. The summed E-state index contributed by atoms with van der Waals surface area (Å²) < 4.78 is 97.3. The smallest absolute Gasteiger partial charge is 0.411 e. The second-order valence-electron chi connectivity index (χ2n) is 9.19. The third-order valence-electron chi connectivity index (χ3n) is 5.57. The van der Waals surface area contributed by atoms with Gasteiger partial charge in [0, 0.05) is 23.5 Å². The standard InChI is InChI=1S/C24H20F6N4O2/c1-13-31-32-18(35-13)14-5-9-16(10-6-14)22(23(25,26)27,24(28,29)30)17-11-7-15(8-12-17)19-33-34-20(36-19)21(2,3)4/h5-12H,1-4H3. The van der Waals surface area contributed by atoms with E-state index < -0.39 is 34.3 Å². The quantitative estimate of drug-likeness (QED) is 0.281. The Morgan fingerprint density at radius 1 is 0.583 bits per heavy atom. The molecule has 4 rings (SSSR count). The highest BCUT2D eigenvalue weighted by atomic mass is 19.4. The van der Waals surface area contributed by atoms with E-state index in [1.807, 2.05) is 20.8 Å². The normalized spacial score (nSPS) is 13.3. The zero-order valence-corrected chi connectivity index (χ0v) is 19.5. The molecule has 0 fully saturated rings. The van der Waals surface area contributed by atoms with Gasteiger partial charge in [-0.2, -0.15) is 26.3 Å². The number of alkyl halides is 6. The first-order valence-electron chi connectivity index (χ1n) is 10.6. The minimum Gasteiger partial charge on any atom is -0.421 e. The van der Waals surface area contributed by atoms with Gasteiger partial charge >= 0.3 is 12.4 Å². The molecule has 0 unspecified atom stereocenters. The number of halogens is 6. The van der Waals surface area contributed by atoms with Crippen molar-refractivity contribution in [3.05, 3.63) is 71.4 Å². The Kier molecular flexibility index (Phi) is 5.96. The lowest BCUT2D eigenvalue weighted by molar-refractivity contribution is -0.288. The number of hydrogen-bond donors (Lipinski definition) is 0. The van der Waals surface area contributed by atoms with E-state index in [1.165, 1.54) is 6.92 Å². The van der Waals surface area contributed by atoms with Gasteiger partial charge in [-0.25, -0.2) is 0 Å². The molecule has 0 bridgehead atoms. The number of hydrogen-bond acceptors (Lipinski definition) is 6. The molecule has 0 spiro atoms. The Bertz CT molecular complexity index is 1330. The molecule has 0 radical (unpaired) electrons.